The first-order valence-corrected chi connectivity index (χ1v) is 9.44. The molecule has 0 bridgehead atoms. The maximum Gasteiger partial charge on any atom is 0.416 e. The maximum absolute atomic E-state index is 12.9. The van der Waals surface area contributed by atoms with Gasteiger partial charge in [-0.1, -0.05) is 6.07 Å². The van der Waals surface area contributed by atoms with Gasteiger partial charge in [0.1, 0.15) is 5.60 Å². The molecule has 0 saturated carbocycles. The van der Waals surface area contributed by atoms with Gasteiger partial charge in [-0.25, -0.2) is 4.79 Å². The van der Waals surface area contributed by atoms with E-state index in [-0.39, 0.29) is 6.04 Å². The Bertz CT molecular complexity index is 973. The number of fused-ring (bicyclic) bond motifs is 1. The number of alkyl carbamates (subject to hydrolysis) is 1. The van der Waals surface area contributed by atoms with Crippen molar-refractivity contribution in [2.24, 2.45) is 0 Å². The van der Waals surface area contributed by atoms with Gasteiger partial charge in [0.25, 0.3) is 0 Å². The number of rotatable bonds is 2. The molecule has 158 valence electrons. The zero-order valence-corrected chi connectivity index (χ0v) is 16.9. The summed E-state index contributed by atoms with van der Waals surface area (Å²) in [5, 5.41) is 12.3. The highest BCUT2D eigenvalue weighted by atomic mass is 19.4. The summed E-state index contributed by atoms with van der Waals surface area (Å²) < 4.78 is 44.1. The van der Waals surface area contributed by atoms with Crippen LogP contribution in [0, 0.1) is 11.3 Å². The van der Waals surface area contributed by atoms with Gasteiger partial charge in [-0.3, -0.25) is 0 Å². The van der Waals surface area contributed by atoms with Crippen molar-refractivity contribution in [1.29, 1.82) is 5.26 Å². The van der Waals surface area contributed by atoms with Crippen molar-refractivity contribution in [3.8, 4) is 6.07 Å². The number of carbonyl (C=O) groups is 1. The van der Waals surface area contributed by atoms with Gasteiger partial charge in [-0.05, 0) is 69.2 Å². The van der Waals surface area contributed by atoms with Crippen molar-refractivity contribution in [1.82, 2.24) is 5.32 Å². The Morgan fingerprint density at radius 2 is 1.83 bits per heavy atom. The molecule has 1 aliphatic rings. The number of amides is 1. The predicted molar refractivity (Wildman–Crippen MR) is 106 cm³/mol. The number of halogens is 3. The molecule has 1 unspecified atom stereocenters. The number of nitriles is 1. The minimum absolute atomic E-state index is 0.326. The van der Waals surface area contributed by atoms with E-state index in [1.807, 2.05) is 11.0 Å². The molecule has 5 nitrogen and oxygen atoms in total. The summed E-state index contributed by atoms with van der Waals surface area (Å²) in [5.41, 5.74) is 1.05. The smallest absolute Gasteiger partial charge is 0.416 e. The van der Waals surface area contributed by atoms with Crippen LogP contribution in [0.25, 0.3) is 0 Å². The Balaban J connectivity index is 1.94. The second kappa shape index (κ2) is 7.90. The molecule has 0 fully saturated rings. The molecule has 0 saturated heterocycles. The average molecular weight is 417 g/mol. The number of carbonyl (C=O) groups excluding carboxylic acids is 1. The Morgan fingerprint density at radius 3 is 2.40 bits per heavy atom. The molecule has 3 rings (SSSR count). The van der Waals surface area contributed by atoms with Gasteiger partial charge in [-0.2, -0.15) is 18.4 Å². The van der Waals surface area contributed by atoms with Gasteiger partial charge in [0, 0.05) is 17.9 Å². The monoisotopic (exact) mass is 417 g/mol. The predicted octanol–water partition coefficient (Wildman–Crippen LogP) is 5.16. The van der Waals surface area contributed by atoms with Gasteiger partial charge < -0.3 is 15.0 Å². The molecule has 1 aliphatic heterocycles. The molecule has 1 amide bonds. The first-order valence-electron chi connectivity index (χ1n) is 9.44. The summed E-state index contributed by atoms with van der Waals surface area (Å²) in [7, 11) is 0. The Labute approximate surface area is 173 Å². The fourth-order valence-corrected chi connectivity index (χ4v) is 3.42. The van der Waals surface area contributed by atoms with E-state index in [0.717, 1.165) is 23.4 Å². The van der Waals surface area contributed by atoms with E-state index in [1.54, 1.807) is 32.9 Å². The molecule has 0 spiro atoms. The van der Waals surface area contributed by atoms with Crippen LogP contribution < -0.4 is 10.2 Å². The van der Waals surface area contributed by atoms with Crippen molar-refractivity contribution < 1.29 is 22.7 Å². The van der Waals surface area contributed by atoms with E-state index in [0.29, 0.717) is 24.2 Å². The summed E-state index contributed by atoms with van der Waals surface area (Å²) in [5.74, 6) is 0. The van der Waals surface area contributed by atoms with Crippen LogP contribution in [0.4, 0.5) is 29.3 Å². The van der Waals surface area contributed by atoms with Crippen molar-refractivity contribution >= 4 is 17.5 Å². The molecule has 1 N–H and O–H groups in total. The number of alkyl halides is 3. The third kappa shape index (κ3) is 4.85. The van der Waals surface area contributed by atoms with Crippen LogP contribution in [0.2, 0.25) is 0 Å². The topological polar surface area (TPSA) is 65.4 Å². The second-order valence-electron chi connectivity index (χ2n) is 8.12. The third-order valence-electron chi connectivity index (χ3n) is 4.64. The molecule has 8 heteroatoms. The number of benzene rings is 2. The van der Waals surface area contributed by atoms with Crippen molar-refractivity contribution in [3.63, 3.8) is 0 Å². The fraction of sp³-hybridized carbons (Fsp3) is 0.364. The normalized spacial score (nSPS) is 16.4. The standard InChI is InChI=1S/C22H22F3N3O2/c1-21(2,3)30-20(29)27-16-11-18-14(12-26)5-4-6-19(18)28(13-16)17-9-7-15(8-10-17)22(23,24)25/h4-10,16H,11,13H2,1-3H3,(H,27,29). The quantitative estimate of drug-likeness (QED) is 0.733. The molecule has 0 aromatic heterocycles. The van der Waals surface area contributed by atoms with Gasteiger partial charge in [-0.15, -0.1) is 0 Å². The molecule has 1 atom stereocenters. The van der Waals surface area contributed by atoms with E-state index in [1.165, 1.54) is 12.1 Å². The van der Waals surface area contributed by atoms with Crippen LogP contribution >= 0.6 is 0 Å². The molecule has 2 aromatic carbocycles. The Morgan fingerprint density at radius 1 is 1.17 bits per heavy atom. The summed E-state index contributed by atoms with van der Waals surface area (Å²) in [6.07, 6.45) is -4.60. The van der Waals surface area contributed by atoms with Crippen molar-refractivity contribution in [2.75, 3.05) is 11.4 Å². The first-order chi connectivity index (χ1) is 14.0. The highest BCUT2D eigenvalue weighted by Crippen LogP contribution is 2.37. The van der Waals surface area contributed by atoms with Gasteiger partial charge in [0.2, 0.25) is 0 Å². The summed E-state index contributed by atoms with van der Waals surface area (Å²) in [6, 6.07) is 11.8. The first kappa shape index (κ1) is 21.5. The highest BCUT2D eigenvalue weighted by molar-refractivity contribution is 5.73. The van der Waals surface area contributed by atoms with E-state index in [2.05, 4.69) is 11.4 Å². The van der Waals surface area contributed by atoms with Crippen LogP contribution in [0.1, 0.15) is 37.5 Å². The van der Waals surface area contributed by atoms with Crippen molar-refractivity contribution in [2.45, 2.75) is 45.0 Å². The number of nitrogens with one attached hydrogen (secondary N) is 1. The lowest BCUT2D eigenvalue weighted by atomic mass is 9.93. The Hall–Kier alpha value is -3.21. The highest BCUT2D eigenvalue weighted by Gasteiger charge is 2.32. The SMILES string of the molecule is CC(C)(C)OC(=O)NC1Cc2c(C#N)cccc2N(c2ccc(C(F)(F)F)cc2)C1. The molecule has 2 aromatic rings. The minimum Gasteiger partial charge on any atom is -0.444 e. The van der Waals surface area contributed by atoms with Crippen LogP contribution in [0.5, 0.6) is 0 Å². The number of hydrogen-bond acceptors (Lipinski definition) is 4. The lowest BCUT2D eigenvalue weighted by Gasteiger charge is -2.37. The molecule has 0 aliphatic carbocycles. The van der Waals surface area contributed by atoms with E-state index < -0.39 is 23.4 Å². The van der Waals surface area contributed by atoms with E-state index in [4.69, 9.17) is 4.74 Å². The summed E-state index contributed by atoms with van der Waals surface area (Å²) in [4.78, 5) is 14.1. The lowest BCUT2D eigenvalue weighted by Crippen LogP contribution is -2.48. The zero-order valence-electron chi connectivity index (χ0n) is 16.9. The van der Waals surface area contributed by atoms with E-state index >= 15 is 0 Å². The van der Waals surface area contributed by atoms with Crippen LogP contribution in [-0.2, 0) is 17.3 Å². The summed E-state index contributed by atoms with van der Waals surface area (Å²) in [6.45, 7) is 5.59. The number of nitrogens with zero attached hydrogens (tertiary/aromatic N) is 2. The van der Waals surface area contributed by atoms with Crippen LogP contribution in [0.3, 0.4) is 0 Å². The summed E-state index contributed by atoms with van der Waals surface area (Å²) >= 11 is 0. The maximum atomic E-state index is 12.9. The lowest BCUT2D eigenvalue weighted by molar-refractivity contribution is -0.137. The number of anilines is 2. The zero-order chi connectivity index (χ0) is 22.1. The molecule has 0 radical (unpaired) electrons. The van der Waals surface area contributed by atoms with Gasteiger partial charge in [0.15, 0.2) is 0 Å². The Kier molecular flexibility index (Phi) is 5.66. The number of hydrogen-bond donors (Lipinski definition) is 1. The van der Waals surface area contributed by atoms with Crippen molar-refractivity contribution in [3.05, 3.63) is 59.2 Å². The molecule has 1 heterocycles. The van der Waals surface area contributed by atoms with Crippen LogP contribution in [-0.4, -0.2) is 24.3 Å². The molecular weight excluding hydrogens is 395 g/mol. The number of ether oxygens (including phenoxy) is 1. The molecular formula is C22H22F3N3O2. The molecule has 30 heavy (non-hydrogen) atoms. The van der Waals surface area contributed by atoms with Gasteiger partial charge in [0.05, 0.1) is 23.2 Å². The second-order valence-corrected chi connectivity index (χ2v) is 8.12. The van der Waals surface area contributed by atoms with Gasteiger partial charge >= 0.3 is 12.3 Å². The van der Waals surface area contributed by atoms with Crippen LogP contribution in [0.15, 0.2) is 42.5 Å². The minimum atomic E-state index is -4.42. The third-order valence-corrected chi connectivity index (χ3v) is 4.64. The average Bonchev–Trinajstić information content (AvgIpc) is 2.64. The fourth-order valence-electron chi connectivity index (χ4n) is 3.42. The van der Waals surface area contributed by atoms with E-state index in [9.17, 15) is 23.2 Å². The largest absolute Gasteiger partial charge is 0.444 e.